The molecule has 2 aromatic rings. The molecule has 0 atom stereocenters. The highest BCUT2D eigenvalue weighted by Crippen LogP contribution is 2.33. The molecule has 0 amide bonds. The Morgan fingerprint density at radius 2 is 2.19 bits per heavy atom. The highest BCUT2D eigenvalue weighted by Gasteiger charge is 2.09. The maximum atomic E-state index is 5.33. The fraction of sp³-hybridized carbons (Fsp3) is 0.308. The van der Waals surface area contributed by atoms with Gasteiger partial charge in [-0.1, -0.05) is 6.92 Å². The zero-order valence-electron chi connectivity index (χ0n) is 11.9. The van der Waals surface area contributed by atoms with Gasteiger partial charge in [0.1, 0.15) is 0 Å². The Morgan fingerprint density at radius 3 is 2.81 bits per heavy atom. The molecule has 1 heterocycles. The van der Waals surface area contributed by atoms with Crippen molar-refractivity contribution in [2.75, 3.05) is 14.2 Å². The van der Waals surface area contributed by atoms with Crippen molar-refractivity contribution < 1.29 is 9.47 Å². The molecule has 1 N–H and O–H groups in total. The standard InChI is InChI=1S/C13H15IN4O2S/c1-4-11-16-17-13(21)18(11)15-7-8-5-9(14)12(20-3)10(6-8)19-2/h5-7H,4H2,1-3H3,(H,17,21)/b15-7-. The quantitative estimate of drug-likeness (QED) is 0.461. The predicted octanol–water partition coefficient (Wildman–Crippen LogP) is 3.01. The zero-order chi connectivity index (χ0) is 15.4. The molecule has 0 aliphatic heterocycles. The molecule has 21 heavy (non-hydrogen) atoms. The van der Waals surface area contributed by atoms with Gasteiger partial charge in [0.05, 0.1) is 24.0 Å². The summed E-state index contributed by atoms with van der Waals surface area (Å²) in [6.07, 6.45) is 2.46. The molecule has 0 spiro atoms. The molecule has 0 aliphatic rings. The lowest BCUT2D eigenvalue weighted by Crippen LogP contribution is -1.99. The number of nitrogens with one attached hydrogen (secondary N) is 1. The summed E-state index contributed by atoms with van der Waals surface area (Å²) < 4.78 is 13.7. The van der Waals surface area contributed by atoms with Gasteiger partial charge in [-0.05, 0) is 52.5 Å². The number of hydrogen-bond acceptors (Lipinski definition) is 5. The van der Waals surface area contributed by atoms with Gasteiger partial charge in [-0.3, -0.25) is 5.10 Å². The number of aromatic amines is 1. The average molecular weight is 418 g/mol. The van der Waals surface area contributed by atoms with E-state index < -0.39 is 0 Å². The topological polar surface area (TPSA) is 64.4 Å². The summed E-state index contributed by atoms with van der Waals surface area (Å²) in [5.74, 6) is 2.16. The molecule has 2 rings (SSSR count). The molecule has 1 aromatic carbocycles. The van der Waals surface area contributed by atoms with E-state index in [1.807, 2.05) is 19.1 Å². The Labute approximate surface area is 141 Å². The number of methoxy groups -OCH3 is 2. The summed E-state index contributed by atoms with van der Waals surface area (Å²) in [4.78, 5) is 0. The van der Waals surface area contributed by atoms with Crippen molar-refractivity contribution in [1.82, 2.24) is 14.9 Å². The number of rotatable bonds is 5. The zero-order valence-corrected chi connectivity index (χ0v) is 14.9. The van der Waals surface area contributed by atoms with Crippen LogP contribution in [0.2, 0.25) is 0 Å². The first-order valence-electron chi connectivity index (χ1n) is 6.22. The van der Waals surface area contributed by atoms with Crippen molar-refractivity contribution in [3.05, 3.63) is 31.9 Å². The van der Waals surface area contributed by atoms with Crippen LogP contribution in [0.25, 0.3) is 0 Å². The van der Waals surface area contributed by atoms with Crippen molar-refractivity contribution in [1.29, 1.82) is 0 Å². The maximum Gasteiger partial charge on any atom is 0.216 e. The van der Waals surface area contributed by atoms with Gasteiger partial charge in [-0.25, -0.2) is 0 Å². The van der Waals surface area contributed by atoms with Crippen LogP contribution in [0, 0.1) is 8.34 Å². The van der Waals surface area contributed by atoms with E-state index in [1.54, 1.807) is 25.1 Å². The van der Waals surface area contributed by atoms with Gasteiger partial charge >= 0.3 is 0 Å². The third-order valence-electron chi connectivity index (χ3n) is 2.81. The molecule has 6 nitrogen and oxygen atoms in total. The van der Waals surface area contributed by atoms with Crippen LogP contribution in [0.1, 0.15) is 18.3 Å². The summed E-state index contributed by atoms with van der Waals surface area (Å²) in [7, 11) is 3.22. The van der Waals surface area contributed by atoms with E-state index in [2.05, 4.69) is 37.9 Å². The number of nitrogens with zero attached hydrogens (tertiary/aromatic N) is 3. The molecule has 8 heteroatoms. The number of ether oxygens (including phenoxy) is 2. The second-order valence-electron chi connectivity index (χ2n) is 4.09. The molecule has 0 saturated heterocycles. The van der Waals surface area contributed by atoms with E-state index in [9.17, 15) is 0 Å². The second-order valence-corrected chi connectivity index (χ2v) is 5.64. The van der Waals surface area contributed by atoms with Crippen molar-refractivity contribution in [2.24, 2.45) is 5.10 Å². The minimum atomic E-state index is 0.471. The molecule has 0 bridgehead atoms. The lowest BCUT2D eigenvalue weighted by molar-refractivity contribution is 0.353. The predicted molar refractivity (Wildman–Crippen MR) is 92.0 cm³/mol. The monoisotopic (exact) mass is 418 g/mol. The van der Waals surface area contributed by atoms with Gasteiger partial charge in [0, 0.05) is 6.42 Å². The molecule has 0 saturated carbocycles. The van der Waals surface area contributed by atoms with Crippen LogP contribution in [0.15, 0.2) is 17.2 Å². The summed E-state index contributed by atoms with van der Waals surface area (Å²) in [6.45, 7) is 2.00. The van der Waals surface area contributed by atoms with Gasteiger partial charge in [0.15, 0.2) is 17.3 Å². The molecule has 0 aliphatic carbocycles. The van der Waals surface area contributed by atoms with Crippen LogP contribution < -0.4 is 9.47 Å². The second kappa shape index (κ2) is 7.03. The highest BCUT2D eigenvalue weighted by molar-refractivity contribution is 14.1. The van der Waals surface area contributed by atoms with E-state index in [0.29, 0.717) is 16.3 Å². The highest BCUT2D eigenvalue weighted by atomic mass is 127. The summed E-state index contributed by atoms with van der Waals surface area (Å²) >= 11 is 7.35. The molecular weight excluding hydrogens is 403 g/mol. The van der Waals surface area contributed by atoms with Crippen molar-refractivity contribution in [3.63, 3.8) is 0 Å². The van der Waals surface area contributed by atoms with E-state index in [0.717, 1.165) is 21.4 Å². The van der Waals surface area contributed by atoms with E-state index in [-0.39, 0.29) is 0 Å². The Kier molecular flexibility index (Phi) is 5.34. The molecule has 0 fully saturated rings. The minimum absolute atomic E-state index is 0.471. The van der Waals surface area contributed by atoms with Crippen molar-refractivity contribution in [3.8, 4) is 11.5 Å². The van der Waals surface area contributed by atoms with Gasteiger partial charge in [0.25, 0.3) is 0 Å². The van der Waals surface area contributed by atoms with E-state index in [4.69, 9.17) is 21.7 Å². The third-order valence-corrected chi connectivity index (χ3v) is 3.88. The van der Waals surface area contributed by atoms with Gasteiger partial charge in [0.2, 0.25) is 4.77 Å². The fourth-order valence-electron chi connectivity index (χ4n) is 1.81. The Morgan fingerprint density at radius 1 is 1.43 bits per heavy atom. The largest absolute Gasteiger partial charge is 0.493 e. The van der Waals surface area contributed by atoms with Crippen molar-refractivity contribution >= 4 is 41.0 Å². The third kappa shape index (κ3) is 3.43. The van der Waals surface area contributed by atoms with Crippen LogP contribution in [0.5, 0.6) is 11.5 Å². The molecule has 1 aromatic heterocycles. The Bertz CT molecular complexity index is 723. The number of aryl methyl sites for hydroxylation is 1. The molecule has 0 unspecified atom stereocenters. The van der Waals surface area contributed by atoms with Crippen LogP contribution in [-0.4, -0.2) is 35.3 Å². The normalized spacial score (nSPS) is 11.0. The minimum Gasteiger partial charge on any atom is -0.493 e. The van der Waals surface area contributed by atoms with Crippen LogP contribution in [0.4, 0.5) is 0 Å². The molecule has 0 radical (unpaired) electrons. The Balaban J connectivity index is 2.39. The fourth-order valence-corrected chi connectivity index (χ4v) is 2.85. The van der Waals surface area contributed by atoms with Gasteiger partial charge in [-0.15, -0.1) is 0 Å². The maximum absolute atomic E-state index is 5.33. The van der Waals surface area contributed by atoms with Gasteiger partial charge < -0.3 is 9.47 Å². The number of aromatic nitrogens is 3. The van der Waals surface area contributed by atoms with Crippen LogP contribution >= 0.6 is 34.8 Å². The smallest absolute Gasteiger partial charge is 0.216 e. The average Bonchev–Trinajstić information content (AvgIpc) is 2.84. The lowest BCUT2D eigenvalue weighted by atomic mass is 10.2. The number of H-pyrrole nitrogens is 1. The van der Waals surface area contributed by atoms with Gasteiger partial charge in [-0.2, -0.15) is 14.9 Å². The number of benzene rings is 1. The first-order chi connectivity index (χ1) is 10.1. The lowest BCUT2D eigenvalue weighted by Gasteiger charge is -2.10. The van der Waals surface area contributed by atoms with Crippen LogP contribution in [-0.2, 0) is 6.42 Å². The van der Waals surface area contributed by atoms with Crippen LogP contribution in [0.3, 0.4) is 0 Å². The number of halogens is 1. The first-order valence-corrected chi connectivity index (χ1v) is 7.71. The molecule has 112 valence electrons. The summed E-state index contributed by atoms with van der Waals surface area (Å²) in [5.41, 5.74) is 0.891. The number of hydrogen-bond donors (Lipinski definition) is 1. The van der Waals surface area contributed by atoms with Crippen molar-refractivity contribution in [2.45, 2.75) is 13.3 Å². The SMILES string of the molecule is CCc1n[nH]c(=S)n1/N=C\c1cc(I)c(OC)c(OC)c1. The Hall–Kier alpha value is -1.42. The first kappa shape index (κ1) is 16.0. The van der Waals surface area contributed by atoms with E-state index >= 15 is 0 Å². The summed E-state index contributed by atoms with van der Waals surface area (Å²) in [5, 5.41) is 11.2. The molecular formula is C13H15IN4O2S. The summed E-state index contributed by atoms with van der Waals surface area (Å²) in [6, 6.07) is 3.82. The van der Waals surface area contributed by atoms with E-state index in [1.165, 1.54) is 0 Å².